The zero-order chi connectivity index (χ0) is 14.4. The van der Waals surface area contributed by atoms with Crippen molar-refractivity contribution in [2.24, 2.45) is 0 Å². The number of thiazole rings is 1. The zero-order valence-electron chi connectivity index (χ0n) is 11.9. The van der Waals surface area contributed by atoms with Crippen molar-refractivity contribution in [2.45, 2.75) is 45.2 Å². The van der Waals surface area contributed by atoms with Crippen LogP contribution in [0.15, 0.2) is 10.9 Å². The highest BCUT2D eigenvalue weighted by Gasteiger charge is 2.27. The van der Waals surface area contributed by atoms with Crippen molar-refractivity contribution in [3.8, 4) is 0 Å². The highest BCUT2D eigenvalue weighted by atomic mass is 32.2. The van der Waals surface area contributed by atoms with Gasteiger partial charge in [0.2, 0.25) is 10.0 Å². The summed E-state index contributed by atoms with van der Waals surface area (Å²) in [5.41, 5.74) is 2.90. The van der Waals surface area contributed by atoms with Crippen LogP contribution in [0.25, 0.3) is 0 Å². The molecule has 114 valence electrons. The Morgan fingerprint density at radius 2 is 2.20 bits per heavy atom. The Labute approximate surface area is 125 Å². The van der Waals surface area contributed by atoms with Gasteiger partial charge < -0.3 is 5.32 Å². The minimum Gasteiger partial charge on any atom is -0.308 e. The van der Waals surface area contributed by atoms with Crippen molar-refractivity contribution in [1.82, 2.24) is 14.6 Å². The minimum absolute atomic E-state index is 0.292. The monoisotopic (exact) mass is 317 g/mol. The average molecular weight is 317 g/mol. The smallest absolute Gasteiger partial charge is 0.214 e. The third kappa shape index (κ3) is 4.51. The maximum absolute atomic E-state index is 12.1. The molecule has 2 heterocycles. The third-order valence-corrected chi connectivity index (χ3v) is 6.25. The van der Waals surface area contributed by atoms with Crippen LogP contribution in [0.3, 0.4) is 0 Å². The molecule has 0 unspecified atom stereocenters. The predicted octanol–water partition coefficient (Wildman–Crippen LogP) is 1.83. The van der Waals surface area contributed by atoms with Gasteiger partial charge >= 0.3 is 0 Å². The molecular weight excluding hydrogens is 294 g/mol. The molecule has 0 aromatic carbocycles. The summed E-state index contributed by atoms with van der Waals surface area (Å²) < 4.78 is 25.8. The number of nitrogens with one attached hydrogen (secondary N) is 1. The topological polar surface area (TPSA) is 62.3 Å². The van der Waals surface area contributed by atoms with Crippen molar-refractivity contribution in [3.63, 3.8) is 0 Å². The van der Waals surface area contributed by atoms with Crippen molar-refractivity contribution >= 4 is 21.4 Å². The summed E-state index contributed by atoms with van der Waals surface area (Å²) in [7, 11) is -3.03. The van der Waals surface area contributed by atoms with Gasteiger partial charge in [0.05, 0.1) is 17.0 Å². The summed E-state index contributed by atoms with van der Waals surface area (Å²) in [6.07, 6.45) is 3.44. The normalized spacial score (nSPS) is 18.4. The van der Waals surface area contributed by atoms with Gasteiger partial charge in [-0.3, -0.25) is 0 Å². The van der Waals surface area contributed by atoms with Crippen LogP contribution < -0.4 is 5.32 Å². The van der Waals surface area contributed by atoms with Gasteiger partial charge in [-0.05, 0) is 19.3 Å². The van der Waals surface area contributed by atoms with E-state index in [2.05, 4.69) is 10.3 Å². The van der Waals surface area contributed by atoms with E-state index in [1.165, 1.54) is 0 Å². The van der Waals surface area contributed by atoms with E-state index in [-0.39, 0.29) is 0 Å². The molecule has 0 spiro atoms. The third-order valence-electron chi connectivity index (χ3n) is 3.66. The maximum Gasteiger partial charge on any atom is 0.214 e. The molecule has 0 amide bonds. The lowest BCUT2D eigenvalue weighted by Gasteiger charge is -2.31. The van der Waals surface area contributed by atoms with Crippen molar-refractivity contribution in [1.29, 1.82) is 0 Å². The van der Waals surface area contributed by atoms with Crippen molar-refractivity contribution in [3.05, 3.63) is 16.6 Å². The highest BCUT2D eigenvalue weighted by Crippen LogP contribution is 2.16. The fraction of sp³-hybridized carbons (Fsp3) is 0.769. The first-order valence-corrected chi connectivity index (χ1v) is 9.75. The van der Waals surface area contributed by atoms with Crippen LogP contribution in [0.2, 0.25) is 0 Å². The SMILES string of the molecule is CCCCS(=O)(=O)N1CCC(NCc2cscn2)CC1. The fourth-order valence-corrected chi connectivity index (χ4v) is 4.60. The van der Waals surface area contributed by atoms with E-state index in [0.29, 0.717) is 24.9 Å². The van der Waals surface area contributed by atoms with Gasteiger partial charge in [0.1, 0.15) is 0 Å². The Balaban J connectivity index is 1.74. The number of hydrogen-bond donors (Lipinski definition) is 1. The van der Waals surface area contributed by atoms with Crippen molar-refractivity contribution < 1.29 is 8.42 Å². The van der Waals surface area contributed by atoms with Gasteiger partial charge in [-0.15, -0.1) is 11.3 Å². The van der Waals surface area contributed by atoms with Crippen LogP contribution in [-0.2, 0) is 16.6 Å². The molecule has 1 N–H and O–H groups in total. The molecule has 1 aromatic heterocycles. The number of sulfonamides is 1. The van der Waals surface area contributed by atoms with Crippen LogP contribution in [0, 0.1) is 0 Å². The molecule has 0 saturated carbocycles. The van der Waals surface area contributed by atoms with Gasteiger partial charge in [-0.2, -0.15) is 0 Å². The van der Waals surface area contributed by atoms with Gasteiger partial charge in [-0.1, -0.05) is 13.3 Å². The molecule has 2 rings (SSSR count). The Hall–Kier alpha value is -0.500. The van der Waals surface area contributed by atoms with Gasteiger partial charge in [0.25, 0.3) is 0 Å². The van der Waals surface area contributed by atoms with E-state index in [9.17, 15) is 8.42 Å². The first-order valence-electron chi connectivity index (χ1n) is 7.20. The van der Waals surface area contributed by atoms with E-state index >= 15 is 0 Å². The Kier molecular flexibility index (Phi) is 5.95. The van der Waals surface area contributed by atoms with Crippen LogP contribution in [0.5, 0.6) is 0 Å². The molecule has 1 fully saturated rings. The molecular formula is C13H23N3O2S2. The quantitative estimate of drug-likeness (QED) is 0.833. The summed E-state index contributed by atoms with van der Waals surface area (Å²) in [4.78, 5) is 4.24. The zero-order valence-corrected chi connectivity index (χ0v) is 13.5. The van der Waals surface area contributed by atoms with Gasteiger partial charge in [0.15, 0.2) is 0 Å². The molecule has 7 heteroatoms. The molecule has 20 heavy (non-hydrogen) atoms. The molecule has 5 nitrogen and oxygen atoms in total. The largest absolute Gasteiger partial charge is 0.308 e. The lowest BCUT2D eigenvalue weighted by molar-refractivity contribution is 0.288. The lowest BCUT2D eigenvalue weighted by atomic mass is 10.1. The average Bonchev–Trinajstić information content (AvgIpc) is 2.97. The maximum atomic E-state index is 12.1. The van der Waals surface area contributed by atoms with E-state index in [1.54, 1.807) is 15.6 Å². The molecule has 0 bridgehead atoms. The van der Waals surface area contributed by atoms with Gasteiger partial charge in [-0.25, -0.2) is 17.7 Å². The Morgan fingerprint density at radius 1 is 1.45 bits per heavy atom. The van der Waals surface area contributed by atoms with E-state index in [0.717, 1.165) is 37.9 Å². The van der Waals surface area contributed by atoms with E-state index in [1.807, 2.05) is 17.8 Å². The second-order valence-corrected chi connectivity index (χ2v) is 8.01. The molecule has 0 atom stereocenters. The number of nitrogens with zero attached hydrogens (tertiary/aromatic N) is 2. The van der Waals surface area contributed by atoms with Crippen LogP contribution in [0.4, 0.5) is 0 Å². The van der Waals surface area contributed by atoms with E-state index < -0.39 is 10.0 Å². The van der Waals surface area contributed by atoms with Crippen LogP contribution >= 0.6 is 11.3 Å². The minimum atomic E-state index is -3.03. The van der Waals surface area contributed by atoms with Crippen molar-refractivity contribution in [2.75, 3.05) is 18.8 Å². The number of aromatic nitrogens is 1. The molecule has 0 aliphatic carbocycles. The Bertz CT molecular complexity index is 480. The summed E-state index contributed by atoms with van der Waals surface area (Å²) >= 11 is 1.60. The molecule has 0 radical (unpaired) electrons. The second-order valence-electron chi connectivity index (χ2n) is 5.20. The van der Waals surface area contributed by atoms with E-state index in [4.69, 9.17) is 0 Å². The first kappa shape index (κ1) is 15.9. The number of hydrogen-bond acceptors (Lipinski definition) is 5. The fourth-order valence-electron chi connectivity index (χ4n) is 2.37. The Morgan fingerprint density at radius 3 is 2.80 bits per heavy atom. The van der Waals surface area contributed by atoms with Gasteiger partial charge in [0, 0.05) is 31.1 Å². The molecule has 1 aliphatic heterocycles. The number of piperidine rings is 1. The molecule has 1 aromatic rings. The number of unbranched alkanes of at least 4 members (excludes halogenated alkanes) is 1. The second kappa shape index (κ2) is 7.49. The first-order chi connectivity index (χ1) is 9.62. The lowest BCUT2D eigenvalue weighted by Crippen LogP contribution is -2.45. The predicted molar refractivity (Wildman–Crippen MR) is 82.2 cm³/mol. The van der Waals surface area contributed by atoms with Crippen LogP contribution in [0.1, 0.15) is 38.3 Å². The summed E-state index contributed by atoms with van der Waals surface area (Å²) in [5, 5.41) is 5.50. The summed E-state index contributed by atoms with van der Waals surface area (Å²) in [6.45, 7) is 4.07. The highest BCUT2D eigenvalue weighted by molar-refractivity contribution is 7.89. The summed E-state index contributed by atoms with van der Waals surface area (Å²) in [6, 6.07) is 0.398. The number of rotatable bonds is 7. The summed E-state index contributed by atoms with van der Waals surface area (Å²) in [5.74, 6) is 0.292. The molecule has 1 saturated heterocycles. The molecule has 1 aliphatic rings. The van der Waals surface area contributed by atoms with Crippen LogP contribution in [-0.4, -0.2) is 42.6 Å². The standard InChI is InChI=1S/C13H23N3O2S2/c1-2-3-8-20(17,18)16-6-4-12(5-7-16)14-9-13-10-19-11-15-13/h10-12,14H,2-9H2,1H3.